The molecule has 2 N–H and O–H groups in total. The number of amides is 1. The largest absolute Gasteiger partial charge is 0.456 e. The van der Waals surface area contributed by atoms with Crippen molar-refractivity contribution in [2.24, 2.45) is 5.73 Å². The maximum absolute atomic E-state index is 13.8. The normalized spacial score (nSPS) is 13.6. The first-order valence-corrected chi connectivity index (χ1v) is 7.47. The van der Waals surface area contributed by atoms with Gasteiger partial charge in [-0.1, -0.05) is 0 Å². The fraction of sp³-hybridized carbons (Fsp3) is 0.235. The number of primary amides is 1. The summed E-state index contributed by atoms with van der Waals surface area (Å²) in [5.41, 5.74) is 2.62. The molecule has 0 aliphatic heterocycles. The lowest BCUT2D eigenvalue weighted by atomic mass is 10.0. The molecule has 3 rings (SSSR count). The second-order valence-corrected chi connectivity index (χ2v) is 5.77. The van der Waals surface area contributed by atoms with Gasteiger partial charge in [-0.15, -0.1) is 0 Å². The molecule has 0 heterocycles. The van der Waals surface area contributed by atoms with Crippen LogP contribution in [0.5, 0.6) is 11.5 Å². The molecule has 26 heavy (non-hydrogen) atoms. The molecule has 0 saturated heterocycles. The number of carbonyl (C=O) groups is 1. The molecule has 1 amide bonds. The monoisotopic (exact) mass is 375 g/mol. The van der Waals surface area contributed by atoms with E-state index in [1.165, 1.54) is 0 Å². The average molecular weight is 375 g/mol. The minimum Gasteiger partial charge on any atom is -0.456 e. The van der Waals surface area contributed by atoms with Crippen LogP contribution in [0.25, 0.3) is 0 Å². The zero-order chi connectivity index (χ0) is 19.2. The summed E-state index contributed by atoms with van der Waals surface area (Å²) in [6.45, 7) is 0. The summed E-state index contributed by atoms with van der Waals surface area (Å²) in [6.07, 6.45) is -4.05. The molecule has 0 bridgehead atoms. The van der Waals surface area contributed by atoms with E-state index < -0.39 is 46.4 Å². The Morgan fingerprint density at radius 1 is 1.00 bits per heavy atom. The number of halogens is 6. The molecule has 0 aromatic heterocycles. The summed E-state index contributed by atoms with van der Waals surface area (Å²) in [4.78, 5) is 11.5. The van der Waals surface area contributed by atoms with Crippen molar-refractivity contribution in [2.45, 2.75) is 25.4 Å². The third-order valence-corrected chi connectivity index (χ3v) is 4.09. The zero-order valence-corrected chi connectivity index (χ0v) is 13.0. The van der Waals surface area contributed by atoms with E-state index >= 15 is 0 Å². The Morgan fingerprint density at radius 3 is 2.27 bits per heavy atom. The minimum absolute atomic E-state index is 0.0491. The zero-order valence-electron chi connectivity index (χ0n) is 13.0. The molecule has 1 aliphatic rings. The summed E-state index contributed by atoms with van der Waals surface area (Å²) in [5.74, 6) is -6.23. The van der Waals surface area contributed by atoms with E-state index in [1.807, 2.05) is 0 Å². The van der Waals surface area contributed by atoms with Crippen molar-refractivity contribution in [1.29, 1.82) is 0 Å². The van der Waals surface area contributed by atoms with Gasteiger partial charge in [0.2, 0.25) is 0 Å². The highest BCUT2D eigenvalue weighted by Gasteiger charge is 2.38. The molecular formula is C17H11F6NO2. The van der Waals surface area contributed by atoms with Gasteiger partial charge in [0.15, 0.2) is 11.6 Å². The SMILES string of the molecule is NC(=O)c1c(Oc2cc(F)c(F)c3c2CCC3)cc(F)cc1C(F)(F)F. The van der Waals surface area contributed by atoms with E-state index in [-0.39, 0.29) is 29.4 Å². The van der Waals surface area contributed by atoms with Crippen LogP contribution < -0.4 is 10.5 Å². The van der Waals surface area contributed by atoms with Crippen molar-refractivity contribution in [3.8, 4) is 11.5 Å². The number of hydrogen-bond acceptors (Lipinski definition) is 2. The number of carbonyl (C=O) groups excluding carboxylic acids is 1. The van der Waals surface area contributed by atoms with Gasteiger partial charge >= 0.3 is 6.18 Å². The van der Waals surface area contributed by atoms with Crippen molar-refractivity contribution in [2.75, 3.05) is 0 Å². The van der Waals surface area contributed by atoms with E-state index in [2.05, 4.69) is 0 Å². The Morgan fingerprint density at radius 2 is 1.65 bits per heavy atom. The van der Waals surface area contributed by atoms with Crippen molar-refractivity contribution in [3.05, 3.63) is 57.9 Å². The van der Waals surface area contributed by atoms with Gasteiger partial charge in [0.1, 0.15) is 17.3 Å². The molecule has 3 nitrogen and oxygen atoms in total. The number of rotatable bonds is 3. The summed E-state index contributed by atoms with van der Waals surface area (Å²) in [6, 6.07) is 1.31. The Labute approximate surface area is 143 Å². The predicted octanol–water partition coefficient (Wildman–Crippen LogP) is 4.50. The molecule has 0 fully saturated rings. The Kier molecular flexibility index (Phi) is 4.33. The second-order valence-electron chi connectivity index (χ2n) is 5.77. The summed E-state index contributed by atoms with van der Waals surface area (Å²) >= 11 is 0. The van der Waals surface area contributed by atoms with E-state index in [9.17, 15) is 31.1 Å². The van der Waals surface area contributed by atoms with Crippen LogP contribution in [-0.2, 0) is 19.0 Å². The van der Waals surface area contributed by atoms with Gasteiger partial charge in [0.25, 0.3) is 5.91 Å². The summed E-state index contributed by atoms with van der Waals surface area (Å²) in [5, 5.41) is 0. The smallest absolute Gasteiger partial charge is 0.417 e. The molecule has 0 radical (unpaired) electrons. The summed E-state index contributed by atoms with van der Waals surface area (Å²) in [7, 11) is 0. The standard InChI is InChI=1S/C17H11F6NO2/c18-7-4-10(17(21,22)23)14(16(24)25)13(5-7)26-12-6-11(19)15(20)9-3-1-2-8(9)12/h4-6H,1-3H2,(H2,24,25). The minimum atomic E-state index is -5.07. The molecule has 0 saturated carbocycles. The second kappa shape index (κ2) is 6.22. The number of benzene rings is 2. The number of fused-ring (bicyclic) bond motifs is 1. The molecular weight excluding hydrogens is 364 g/mol. The molecule has 0 atom stereocenters. The topological polar surface area (TPSA) is 52.3 Å². The number of hydrogen-bond donors (Lipinski definition) is 1. The fourth-order valence-corrected chi connectivity index (χ4v) is 3.02. The Balaban J connectivity index is 2.18. The first-order valence-electron chi connectivity index (χ1n) is 7.47. The van der Waals surface area contributed by atoms with Crippen LogP contribution in [0.3, 0.4) is 0 Å². The third kappa shape index (κ3) is 3.09. The van der Waals surface area contributed by atoms with E-state index in [1.54, 1.807) is 0 Å². The lowest BCUT2D eigenvalue weighted by Crippen LogP contribution is -2.20. The van der Waals surface area contributed by atoms with Gasteiger partial charge in [-0.3, -0.25) is 4.79 Å². The van der Waals surface area contributed by atoms with Gasteiger partial charge in [0.05, 0.1) is 11.1 Å². The lowest BCUT2D eigenvalue weighted by Gasteiger charge is -2.17. The highest BCUT2D eigenvalue weighted by Crippen LogP contribution is 2.41. The van der Waals surface area contributed by atoms with Gasteiger partial charge in [-0.05, 0) is 30.9 Å². The third-order valence-electron chi connectivity index (χ3n) is 4.09. The fourth-order valence-electron chi connectivity index (χ4n) is 3.02. The number of ether oxygens (including phenoxy) is 1. The van der Waals surface area contributed by atoms with E-state index in [0.29, 0.717) is 25.0 Å². The van der Waals surface area contributed by atoms with Crippen LogP contribution in [0.1, 0.15) is 33.5 Å². The first-order chi connectivity index (χ1) is 12.1. The molecule has 0 spiro atoms. The van der Waals surface area contributed by atoms with Crippen molar-refractivity contribution in [3.63, 3.8) is 0 Å². The maximum Gasteiger partial charge on any atom is 0.417 e. The molecule has 2 aromatic carbocycles. The van der Waals surface area contributed by atoms with Gasteiger partial charge in [-0.2, -0.15) is 13.2 Å². The van der Waals surface area contributed by atoms with Crippen molar-refractivity contribution >= 4 is 5.91 Å². The maximum atomic E-state index is 13.8. The molecule has 9 heteroatoms. The van der Waals surface area contributed by atoms with E-state index in [4.69, 9.17) is 10.5 Å². The quantitative estimate of drug-likeness (QED) is 0.803. The molecule has 2 aromatic rings. The highest BCUT2D eigenvalue weighted by atomic mass is 19.4. The summed E-state index contributed by atoms with van der Waals surface area (Å²) < 4.78 is 85.7. The van der Waals surface area contributed by atoms with Gasteiger partial charge in [-0.25, -0.2) is 13.2 Å². The van der Waals surface area contributed by atoms with Crippen LogP contribution in [-0.4, -0.2) is 5.91 Å². The van der Waals surface area contributed by atoms with Gasteiger partial charge in [0, 0.05) is 17.7 Å². The van der Waals surface area contributed by atoms with Crippen LogP contribution in [0.4, 0.5) is 26.3 Å². The van der Waals surface area contributed by atoms with Crippen molar-refractivity contribution in [1.82, 2.24) is 0 Å². The Hall–Kier alpha value is -2.71. The number of alkyl halides is 3. The van der Waals surface area contributed by atoms with Crippen LogP contribution in [0.15, 0.2) is 18.2 Å². The van der Waals surface area contributed by atoms with Crippen LogP contribution in [0.2, 0.25) is 0 Å². The molecule has 0 unspecified atom stereocenters. The highest BCUT2D eigenvalue weighted by molar-refractivity contribution is 5.97. The lowest BCUT2D eigenvalue weighted by molar-refractivity contribution is -0.138. The average Bonchev–Trinajstić information content (AvgIpc) is 3.00. The number of nitrogens with two attached hydrogens (primary N) is 1. The Bertz CT molecular complexity index is 907. The van der Waals surface area contributed by atoms with Gasteiger partial charge < -0.3 is 10.5 Å². The molecule has 1 aliphatic carbocycles. The van der Waals surface area contributed by atoms with Crippen LogP contribution in [0, 0.1) is 17.5 Å². The van der Waals surface area contributed by atoms with Crippen LogP contribution >= 0.6 is 0 Å². The molecule has 138 valence electrons. The van der Waals surface area contributed by atoms with E-state index in [0.717, 1.165) is 0 Å². The predicted molar refractivity (Wildman–Crippen MR) is 78.4 cm³/mol. The van der Waals surface area contributed by atoms with Crippen molar-refractivity contribution < 1.29 is 35.9 Å². The first kappa shape index (κ1) is 18.1.